The van der Waals surface area contributed by atoms with E-state index < -0.39 is 5.25 Å². The van der Waals surface area contributed by atoms with Crippen LogP contribution in [-0.4, -0.2) is 33.2 Å². The van der Waals surface area contributed by atoms with Gasteiger partial charge in [-0.2, -0.15) is 0 Å². The Morgan fingerprint density at radius 2 is 1.77 bits per heavy atom. The molecule has 0 spiro atoms. The van der Waals surface area contributed by atoms with E-state index >= 15 is 0 Å². The van der Waals surface area contributed by atoms with Crippen molar-refractivity contribution in [2.24, 2.45) is 0 Å². The number of hydrogen-bond donors (Lipinski definition) is 2. The van der Waals surface area contributed by atoms with Crippen LogP contribution in [0, 0.1) is 13.8 Å². The third kappa shape index (κ3) is 5.14. The average molecular weight is 439 g/mol. The van der Waals surface area contributed by atoms with Crippen LogP contribution >= 0.6 is 11.8 Å². The highest BCUT2D eigenvalue weighted by molar-refractivity contribution is 8.00. The van der Waals surface area contributed by atoms with Crippen LogP contribution in [0.2, 0.25) is 0 Å². The fourth-order valence-electron chi connectivity index (χ4n) is 3.23. The molecule has 1 atom stereocenters. The first-order valence-corrected chi connectivity index (χ1v) is 11.0. The van der Waals surface area contributed by atoms with Gasteiger partial charge in [-0.1, -0.05) is 42.1 Å². The van der Waals surface area contributed by atoms with E-state index in [9.17, 15) is 14.4 Å². The number of anilines is 1. The van der Waals surface area contributed by atoms with Gasteiger partial charge in [0, 0.05) is 12.2 Å². The number of aromatic nitrogens is 2. The first-order valence-electron chi connectivity index (χ1n) is 10.1. The number of hydrogen-bond acceptors (Lipinski definition) is 5. The molecule has 1 unspecified atom stereocenters. The predicted molar refractivity (Wildman–Crippen MR) is 125 cm³/mol. The lowest BCUT2D eigenvalue weighted by Gasteiger charge is -2.16. The van der Waals surface area contributed by atoms with Crippen molar-refractivity contribution in [3.05, 3.63) is 63.9 Å². The van der Waals surface area contributed by atoms with Crippen LogP contribution in [-0.2, 0) is 16.1 Å². The molecule has 8 heteroatoms. The molecule has 2 amide bonds. The van der Waals surface area contributed by atoms with E-state index in [0.29, 0.717) is 22.6 Å². The second kappa shape index (κ2) is 9.78. The number of thioether (sulfide) groups is 1. The zero-order valence-electron chi connectivity index (χ0n) is 18.1. The lowest BCUT2D eigenvalue weighted by atomic mass is 10.1. The van der Waals surface area contributed by atoms with E-state index in [1.807, 2.05) is 45.0 Å². The Hall–Kier alpha value is -3.13. The molecule has 0 saturated carbocycles. The van der Waals surface area contributed by atoms with E-state index in [-0.39, 0.29) is 23.9 Å². The van der Waals surface area contributed by atoms with E-state index in [2.05, 4.69) is 15.6 Å². The fraction of sp³-hybridized carbons (Fsp3) is 0.304. The van der Waals surface area contributed by atoms with Crippen LogP contribution in [0.5, 0.6) is 0 Å². The first-order chi connectivity index (χ1) is 14.8. The number of carbonyl (C=O) groups is 2. The maximum Gasteiger partial charge on any atom is 0.262 e. The monoisotopic (exact) mass is 438 g/mol. The number of carbonyl (C=O) groups excluding carboxylic acids is 2. The molecule has 1 heterocycles. The smallest absolute Gasteiger partial charge is 0.262 e. The molecular weight excluding hydrogens is 412 g/mol. The van der Waals surface area contributed by atoms with Crippen LogP contribution in [0.1, 0.15) is 25.0 Å². The third-order valence-corrected chi connectivity index (χ3v) is 6.05. The van der Waals surface area contributed by atoms with Crippen LogP contribution in [0.4, 0.5) is 5.69 Å². The molecule has 0 aliphatic heterocycles. The van der Waals surface area contributed by atoms with E-state index in [1.54, 1.807) is 29.7 Å². The Kier molecular flexibility index (Phi) is 7.12. The molecule has 31 heavy (non-hydrogen) atoms. The van der Waals surface area contributed by atoms with Crippen molar-refractivity contribution < 1.29 is 9.59 Å². The summed E-state index contributed by atoms with van der Waals surface area (Å²) < 4.78 is 1.56. The summed E-state index contributed by atoms with van der Waals surface area (Å²) in [5, 5.41) is 6.02. The van der Waals surface area contributed by atoms with Gasteiger partial charge in [-0.25, -0.2) is 4.98 Å². The molecule has 0 saturated heterocycles. The summed E-state index contributed by atoms with van der Waals surface area (Å²) in [6.07, 6.45) is 0. The van der Waals surface area contributed by atoms with Gasteiger partial charge in [-0.05, 0) is 51.0 Å². The van der Waals surface area contributed by atoms with Gasteiger partial charge in [-0.15, -0.1) is 0 Å². The molecule has 1 aromatic heterocycles. The number of nitrogens with zero attached hydrogens (tertiary/aromatic N) is 2. The second-order valence-corrected chi connectivity index (χ2v) is 8.56. The largest absolute Gasteiger partial charge is 0.346 e. The minimum atomic E-state index is -0.529. The van der Waals surface area contributed by atoms with Crippen LogP contribution in [0.15, 0.2) is 52.4 Å². The summed E-state index contributed by atoms with van der Waals surface area (Å²) in [5.41, 5.74) is 3.15. The van der Waals surface area contributed by atoms with Crippen molar-refractivity contribution in [2.45, 2.75) is 44.6 Å². The molecule has 7 nitrogen and oxygen atoms in total. The Morgan fingerprint density at radius 3 is 2.45 bits per heavy atom. The molecule has 0 aliphatic carbocycles. The highest BCUT2D eigenvalue weighted by atomic mass is 32.2. The number of rotatable bonds is 7. The van der Waals surface area contributed by atoms with Crippen molar-refractivity contribution in [3.63, 3.8) is 0 Å². The van der Waals surface area contributed by atoms with E-state index in [0.717, 1.165) is 16.8 Å². The first kappa shape index (κ1) is 22.6. The Morgan fingerprint density at radius 1 is 1.10 bits per heavy atom. The third-order valence-electron chi connectivity index (χ3n) is 4.96. The molecular formula is C23H26N4O3S. The van der Waals surface area contributed by atoms with Crippen molar-refractivity contribution in [3.8, 4) is 0 Å². The number of aryl methyl sites for hydroxylation is 2. The summed E-state index contributed by atoms with van der Waals surface area (Å²) in [4.78, 5) is 42.2. The Balaban J connectivity index is 1.66. The zero-order valence-corrected chi connectivity index (χ0v) is 18.9. The van der Waals surface area contributed by atoms with Gasteiger partial charge in [0.05, 0.1) is 22.7 Å². The topological polar surface area (TPSA) is 93.1 Å². The SMILES string of the molecule is CCn1c(SC(C)C(=O)NCC(=O)Nc2c(C)cccc2C)nc2ccccc2c1=O. The van der Waals surface area contributed by atoms with Gasteiger partial charge >= 0.3 is 0 Å². The summed E-state index contributed by atoms with van der Waals surface area (Å²) in [6.45, 7) is 7.75. The molecule has 2 N–H and O–H groups in total. The van der Waals surface area contributed by atoms with Crippen LogP contribution < -0.4 is 16.2 Å². The molecule has 0 bridgehead atoms. The maximum absolute atomic E-state index is 12.7. The molecule has 3 rings (SSSR count). The number of benzene rings is 2. The normalized spacial score (nSPS) is 11.9. The number of para-hydroxylation sites is 2. The Bertz CT molecular complexity index is 1170. The minimum absolute atomic E-state index is 0.129. The molecule has 162 valence electrons. The number of nitrogens with one attached hydrogen (secondary N) is 2. The predicted octanol–water partition coefficient (Wildman–Crippen LogP) is 3.27. The van der Waals surface area contributed by atoms with Crippen molar-refractivity contribution in [2.75, 3.05) is 11.9 Å². The van der Waals surface area contributed by atoms with Gasteiger partial charge in [0.25, 0.3) is 5.56 Å². The van der Waals surface area contributed by atoms with Gasteiger partial charge in [-0.3, -0.25) is 19.0 Å². The lowest BCUT2D eigenvalue weighted by molar-refractivity contribution is -0.123. The van der Waals surface area contributed by atoms with Gasteiger partial charge < -0.3 is 10.6 Å². The minimum Gasteiger partial charge on any atom is -0.346 e. The molecule has 3 aromatic rings. The number of fused-ring (bicyclic) bond motifs is 1. The van der Waals surface area contributed by atoms with Gasteiger partial charge in [0.2, 0.25) is 11.8 Å². The van der Waals surface area contributed by atoms with Crippen molar-refractivity contribution in [1.29, 1.82) is 0 Å². The summed E-state index contributed by atoms with van der Waals surface area (Å²) >= 11 is 1.20. The van der Waals surface area contributed by atoms with Crippen molar-refractivity contribution >= 4 is 40.2 Å². The van der Waals surface area contributed by atoms with E-state index in [4.69, 9.17) is 0 Å². The standard InChI is InChI=1S/C23H26N4O3S/c1-5-27-22(30)17-11-6-7-12-18(17)25-23(27)31-16(4)21(29)24-13-19(28)26-20-14(2)9-8-10-15(20)3/h6-12,16H,5,13H2,1-4H3,(H,24,29)(H,26,28). The molecule has 0 radical (unpaired) electrons. The summed E-state index contributed by atoms with van der Waals surface area (Å²) in [6, 6.07) is 12.9. The van der Waals surface area contributed by atoms with Crippen LogP contribution in [0.25, 0.3) is 10.9 Å². The van der Waals surface area contributed by atoms with Gasteiger partial charge in [0.15, 0.2) is 5.16 Å². The maximum atomic E-state index is 12.7. The Labute approximate surface area is 185 Å². The van der Waals surface area contributed by atoms with Crippen LogP contribution in [0.3, 0.4) is 0 Å². The number of amides is 2. The average Bonchev–Trinajstić information content (AvgIpc) is 2.75. The summed E-state index contributed by atoms with van der Waals surface area (Å²) in [7, 11) is 0. The highest BCUT2D eigenvalue weighted by Gasteiger charge is 2.19. The molecule has 2 aromatic carbocycles. The van der Waals surface area contributed by atoms with Crippen molar-refractivity contribution in [1.82, 2.24) is 14.9 Å². The van der Waals surface area contributed by atoms with Gasteiger partial charge in [0.1, 0.15) is 0 Å². The quantitative estimate of drug-likeness (QED) is 0.436. The zero-order chi connectivity index (χ0) is 22.5. The fourth-order valence-corrected chi connectivity index (χ4v) is 4.23. The second-order valence-electron chi connectivity index (χ2n) is 7.25. The lowest BCUT2D eigenvalue weighted by Crippen LogP contribution is -2.37. The molecule has 0 fully saturated rings. The molecule has 0 aliphatic rings. The highest BCUT2D eigenvalue weighted by Crippen LogP contribution is 2.23. The summed E-state index contributed by atoms with van der Waals surface area (Å²) in [5.74, 6) is -0.594. The van der Waals surface area contributed by atoms with E-state index in [1.165, 1.54) is 11.8 Å².